The van der Waals surface area contributed by atoms with Crippen molar-refractivity contribution in [2.75, 3.05) is 26.1 Å². The molecule has 1 N–H and O–H groups in total. The van der Waals surface area contributed by atoms with Crippen LogP contribution < -0.4 is 19.5 Å². The predicted molar refractivity (Wildman–Crippen MR) is 105 cm³/mol. The van der Waals surface area contributed by atoms with Crippen molar-refractivity contribution in [1.82, 2.24) is 0 Å². The first-order chi connectivity index (χ1) is 12.5. The third-order valence-corrected chi connectivity index (χ3v) is 3.90. The second kappa shape index (κ2) is 9.36. The standard InChI is InChI=1S/C19H19Cl2NO4/c1-4-26-19-14(21)9-12(10-17(19)25-3)5-8-18(23)22-15-11-13(20)6-7-16(15)24-2/h5-11H,4H2,1-3H3,(H,22,23)/b8-5+. The molecule has 0 aliphatic carbocycles. The number of carbonyl (C=O) groups is 1. The van der Waals surface area contributed by atoms with Crippen molar-refractivity contribution < 1.29 is 19.0 Å². The molecule has 0 spiro atoms. The zero-order chi connectivity index (χ0) is 19.1. The molecule has 2 aromatic carbocycles. The van der Waals surface area contributed by atoms with Crippen molar-refractivity contribution in [3.8, 4) is 17.2 Å². The Balaban J connectivity index is 2.18. The second-order valence-electron chi connectivity index (χ2n) is 5.13. The molecular formula is C19H19Cl2NO4. The molecule has 0 saturated carbocycles. The van der Waals surface area contributed by atoms with Crippen molar-refractivity contribution in [2.45, 2.75) is 6.92 Å². The van der Waals surface area contributed by atoms with Crippen molar-refractivity contribution in [3.05, 3.63) is 52.0 Å². The molecule has 1 amide bonds. The Morgan fingerprint density at radius 3 is 2.50 bits per heavy atom. The van der Waals surface area contributed by atoms with Crippen LogP contribution in [0.3, 0.4) is 0 Å². The van der Waals surface area contributed by atoms with E-state index in [2.05, 4.69) is 5.32 Å². The Morgan fingerprint density at radius 2 is 1.85 bits per heavy atom. The minimum atomic E-state index is -0.338. The van der Waals surface area contributed by atoms with Gasteiger partial charge in [0.1, 0.15) is 5.75 Å². The molecule has 7 heteroatoms. The topological polar surface area (TPSA) is 56.8 Å². The van der Waals surface area contributed by atoms with E-state index in [1.807, 2.05) is 6.92 Å². The SMILES string of the molecule is CCOc1c(Cl)cc(/C=C/C(=O)Nc2cc(Cl)ccc2OC)cc1OC. The van der Waals surface area contributed by atoms with Crippen LogP contribution in [0.5, 0.6) is 17.2 Å². The van der Waals surface area contributed by atoms with Gasteiger partial charge in [-0.05, 0) is 48.9 Å². The van der Waals surface area contributed by atoms with Crippen LogP contribution in [0.4, 0.5) is 5.69 Å². The van der Waals surface area contributed by atoms with Gasteiger partial charge in [-0.25, -0.2) is 0 Å². The van der Waals surface area contributed by atoms with Gasteiger partial charge in [-0.2, -0.15) is 0 Å². The van der Waals surface area contributed by atoms with Crippen LogP contribution in [0.2, 0.25) is 10.0 Å². The van der Waals surface area contributed by atoms with Gasteiger partial charge < -0.3 is 19.5 Å². The van der Waals surface area contributed by atoms with Crippen LogP contribution >= 0.6 is 23.2 Å². The van der Waals surface area contributed by atoms with E-state index in [0.29, 0.717) is 45.2 Å². The number of carbonyl (C=O) groups excluding carboxylic acids is 1. The summed E-state index contributed by atoms with van der Waals surface area (Å²) in [4.78, 5) is 12.2. The number of ether oxygens (including phenoxy) is 3. The molecule has 26 heavy (non-hydrogen) atoms. The summed E-state index contributed by atoms with van der Waals surface area (Å²) in [5.41, 5.74) is 1.18. The summed E-state index contributed by atoms with van der Waals surface area (Å²) in [5, 5.41) is 3.62. The molecule has 0 unspecified atom stereocenters. The van der Waals surface area contributed by atoms with Crippen molar-refractivity contribution in [2.24, 2.45) is 0 Å². The maximum Gasteiger partial charge on any atom is 0.248 e. The molecule has 0 bridgehead atoms. The van der Waals surface area contributed by atoms with Gasteiger partial charge in [0.05, 0.1) is 31.5 Å². The number of rotatable bonds is 7. The van der Waals surface area contributed by atoms with E-state index < -0.39 is 0 Å². The van der Waals surface area contributed by atoms with Crippen molar-refractivity contribution >= 4 is 40.9 Å². The third kappa shape index (κ3) is 5.07. The molecule has 0 fully saturated rings. The quantitative estimate of drug-likeness (QED) is 0.665. The van der Waals surface area contributed by atoms with E-state index in [4.69, 9.17) is 37.4 Å². The lowest BCUT2D eigenvalue weighted by Crippen LogP contribution is -2.08. The number of anilines is 1. The fraction of sp³-hybridized carbons (Fsp3) is 0.211. The molecule has 2 rings (SSSR count). The summed E-state index contributed by atoms with van der Waals surface area (Å²) in [6.45, 7) is 2.33. The summed E-state index contributed by atoms with van der Waals surface area (Å²) in [5.74, 6) is 1.15. The highest BCUT2D eigenvalue weighted by Crippen LogP contribution is 2.36. The molecule has 0 heterocycles. The maximum absolute atomic E-state index is 12.2. The van der Waals surface area contributed by atoms with E-state index in [1.54, 1.807) is 36.4 Å². The Kier molecular flexibility index (Phi) is 7.18. The highest BCUT2D eigenvalue weighted by Gasteiger charge is 2.11. The van der Waals surface area contributed by atoms with Gasteiger partial charge in [0.2, 0.25) is 5.91 Å². The number of methoxy groups -OCH3 is 2. The van der Waals surface area contributed by atoms with Crippen molar-refractivity contribution in [1.29, 1.82) is 0 Å². The molecular weight excluding hydrogens is 377 g/mol. The summed E-state index contributed by atoms with van der Waals surface area (Å²) >= 11 is 12.2. The maximum atomic E-state index is 12.2. The molecule has 138 valence electrons. The zero-order valence-corrected chi connectivity index (χ0v) is 16.1. The summed E-state index contributed by atoms with van der Waals surface area (Å²) in [6, 6.07) is 8.40. The minimum absolute atomic E-state index is 0.338. The summed E-state index contributed by atoms with van der Waals surface area (Å²) in [6.07, 6.45) is 3.00. The van der Waals surface area contributed by atoms with Crippen LogP contribution in [-0.4, -0.2) is 26.7 Å². The first kappa shape index (κ1) is 19.9. The highest BCUT2D eigenvalue weighted by molar-refractivity contribution is 6.32. The van der Waals surface area contributed by atoms with Gasteiger partial charge in [0, 0.05) is 11.1 Å². The molecule has 2 aromatic rings. The lowest BCUT2D eigenvalue weighted by Gasteiger charge is -2.12. The third-order valence-electron chi connectivity index (χ3n) is 3.39. The first-order valence-electron chi connectivity index (χ1n) is 7.81. The molecule has 0 atom stereocenters. The van der Waals surface area contributed by atoms with Crippen LogP contribution in [-0.2, 0) is 4.79 Å². The lowest BCUT2D eigenvalue weighted by molar-refractivity contribution is -0.111. The van der Waals surface area contributed by atoms with E-state index >= 15 is 0 Å². The number of amides is 1. The lowest BCUT2D eigenvalue weighted by atomic mass is 10.2. The van der Waals surface area contributed by atoms with E-state index in [0.717, 1.165) is 0 Å². The predicted octanol–water partition coefficient (Wildman–Crippen LogP) is 5.06. The Morgan fingerprint density at radius 1 is 1.12 bits per heavy atom. The number of hydrogen-bond donors (Lipinski definition) is 1. The number of benzene rings is 2. The Labute approximate surface area is 162 Å². The molecule has 0 radical (unpaired) electrons. The van der Waals surface area contributed by atoms with Crippen LogP contribution in [0.15, 0.2) is 36.4 Å². The average Bonchev–Trinajstić information content (AvgIpc) is 2.62. The molecule has 0 aliphatic rings. The fourth-order valence-corrected chi connectivity index (χ4v) is 2.69. The Hall–Kier alpha value is -2.37. The average molecular weight is 396 g/mol. The summed E-state index contributed by atoms with van der Waals surface area (Å²) in [7, 11) is 3.04. The van der Waals surface area contributed by atoms with E-state index in [9.17, 15) is 4.79 Å². The van der Waals surface area contributed by atoms with E-state index in [1.165, 1.54) is 20.3 Å². The van der Waals surface area contributed by atoms with Crippen LogP contribution in [0, 0.1) is 0 Å². The van der Waals surface area contributed by atoms with Gasteiger partial charge in [0.15, 0.2) is 11.5 Å². The number of nitrogens with one attached hydrogen (secondary N) is 1. The largest absolute Gasteiger partial charge is 0.495 e. The number of halogens is 2. The Bertz CT molecular complexity index is 821. The van der Waals surface area contributed by atoms with Gasteiger partial charge in [-0.15, -0.1) is 0 Å². The second-order valence-corrected chi connectivity index (χ2v) is 5.98. The molecule has 0 saturated heterocycles. The molecule has 5 nitrogen and oxygen atoms in total. The monoisotopic (exact) mass is 395 g/mol. The molecule has 0 aliphatic heterocycles. The van der Waals surface area contributed by atoms with Gasteiger partial charge >= 0.3 is 0 Å². The summed E-state index contributed by atoms with van der Waals surface area (Å²) < 4.78 is 16.0. The highest BCUT2D eigenvalue weighted by atomic mass is 35.5. The van der Waals surface area contributed by atoms with Crippen molar-refractivity contribution in [3.63, 3.8) is 0 Å². The minimum Gasteiger partial charge on any atom is -0.495 e. The van der Waals surface area contributed by atoms with Gasteiger partial charge in [0.25, 0.3) is 0 Å². The van der Waals surface area contributed by atoms with E-state index in [-0.39, 0.29) is 5.91 Å². The van der Waals surface area contributed by atoms with Crippen LogP contribution in [0.25, 0.3) is 6.08 Å². The smallest absolute Gasteiger partial charge is 0.248 e. The number of hydrogen-bond acceptors (Lipinski definition) is 4. The van der Waals surface area contributed by atoms with Gasteiger partial charge in [-0.1, -0.05) is 23.2 Å². The zero-order valence-electron chi connectivity index (χ0n) is 14.6. The van der Waals surface area contributed by atoms with Crippen LogP contribution in [0.1, 0.15) is 12.5 Å². The molecule has 0 aromatic heterocycles. The fourth-order valence-electron chi connectivity index (χ4n) is 2.24. The first-order valence-corrected chi connectivity index (χ1v) is 8.57. The van der Waals surface area contributed by atoms with Gasteiger partial charge in [-0.3, -0.25) is 4.79 Å². The normalized spacial score (nSPS) is 10.7.